The smallest absolute Gasteiger partial charge is 0.161 e. The van der Waals surface area contributed by atoms with Crippen molar-refractivity contribution < 1.29 is 5.11 Å². The molecular weight excluding hydrogens is 466 g/mol. The molecule has 0 fully saturated rings. The molecule has 1 N–H and O–H groups in total. The van der Waals surface area contributed by atoms with Crippen LogP contribution in [0.2, 0.25) is 0 Å². The lowest BCUT2D eigenvalue weighted by molar-refractivity contribution is 0.384. The fraction of sp³-hybridized carbons (Fsp3) is 0.147. The highest BCUT2D eigenvalue weighted by Crippen LogP contribution is 2.23. The van der Waals surface area contributed by atoms with Gasteiger partial charge in [-0.05, 0) is 48.9 Å². The fourth-order valence-corrected chi connectivity index (χ4v) is 4.15. The molecule has 4 aromatic carbocycles. The zero-order valence-corrected chi connectivity index (χ0v) is 22.2. The highest BCUT2D eigenvalue weighted by atomic mass is 16.3. The predicted molar refractivity (Wildman–Crippen MR) is 161 cm³/mol. The molecule has 0 saturated carbocycles. The van der Waals surface area contributed by atoms with Crippen LogP contribution in [0, 0.1) is 0 Å². The Morgan fingerprint density at radius 1 is 0.684 bits per heavy atom. The van der Waals surface area contributed by atoms with Crippen LogP contribution < -0.4 is 0 Å². The van der Waals surface area contributed by atoms with Crippen LogP contribution in [0.5, 0.6) is 0 Å². The van der Waals surface area contributed by atoms with Crippen molar-refractivity contribution in [2.45, 2.75) is 32.7 Å². The third-order valence-corrected chi connectivity index (χ3v) is 6.14. The number of allylic oxidation sites excluding steroid dienone is 1. The Morgan fingerprint density at radius 3 is 1.53 bits per heavy atom. The average Bonchev–Trinajstić information content (AvgIpc) is 2.96. The number of nitrogens with zero attached hydrogens (tertiary/aromatic N) is 3. The summed E-state index contributed by atoms with van der Waals surface area (Å²) in [5.41, 5.74) is 5.53. The van der Waals surface area contributed by atoms with Crippen molar-refractivity contribution in [3.8, 4) is 22.3 Å². The first kappa shape index (κ1) is 26.5. The summed E-state index contributed by atoms with van der Waals surface area (Å²) in [7, 11) is 0. The van der Waals surface area contributed by atoms with E-state index < -0.39 is 5.54 Å². The number of amidine groups is 2. The van der Waals surface area contributed by atoms with Gasteiger partial charge in [-0.2, -0.15) is 0 Å². The van der Waals surface area contributed by atoms with E-state index in [1.807, 2.05) is 81.4 Å². The highest BCUT2D eigenvalue weighted by molar-refractivity contribution is 6.13. The molecule has 0 aliphatic carbocycles. The second-order valence-electron chi connectivity index (χ2n) is 9.56. The Balaban J connectivity index is 1.75. The van der Waals surface area contributed by atoms with E-state index in [0.29, 0.717) is 23.9 Å². The zero-order chi connectivity index (χ0) is 27.0. The summed E-state index contributed by atoms with van der Waals surface area (Å²) < 4.78 is 0. The Labute approximate surface area is 225 Å². The number of aliphatic imine (C=N–C) groups is 3. The molecule has 4 aromatic rings. The highest BCUT2D eigenvalue weighted by Gasteiger charge is 2.17. The molecule has 0 radical (unpaired) electrons. The number of benzene rings is 4. The van der Waals surface area contributed by atoms with Crippen LogP contribution in [-0.4, -0.2) is 29.0 Å². The molecule has 4 rings (SSSR count). The normalized spacial score (nSPS) is 12.9. The minimum atomic E-state index is -0.680. The average molecular weight is 500 g/mol. The SMILES string of the molecule is C=NC(=NC(=NC(C)(C)/C=C(/O)CC)c1ccc(-c2ccccc2)cc1)c1ccc(-c2ccccc2)cc1. The lowest BCUT2D eigenvalue weighted by Crippen LogP contribution is -2.18. The van der Waals surface area contributed by atoms with Crippen molar-refractivity contribution >= 4 is 18.4 Å². The third-order valence-electron chi connectivity index (χ3n) is 6.14. The van der Waals surface area contributed by atoms with E-state index in [2.05, 4.69) is 60.2 Å². The summed E-state index contributed by atoms with van der Waals surface area (Å²) in [6.45, 7) is 9.59. The summed E-state index contributed by atoms with van der Waals surface area (Å²) in [5, 5.41) is 10.2. The van der Waals surface area contributed by atoms with Gasteiger partial charge in [-0.15, -0.1) is 0 Å². The second-order valence-corrected chi connectivity index (χ2v) is 9.56. The van der Waals surface area contributed by atoms with Crippen LogP contribution in [0.4, 0.5) is 0 Å². The van der Waals surface area contributed by atoms with Crippen LogP contribution >= 0.6 is 0 Å². The maximum absolute atomic E-state index is 10.2. The summed E-state index contributed by atoms with van der Waals surface area (Å²) in [5.74, 6) is 1.29. The molecule has 0 atom stereocenters. The summed E-state index contributed by atoms with van der Waals surface area (Å²) in [4.78, 5) is 14.1. The quantitative estimate of drug-likeness (QED) is 0.155. The number of aliphatic hydroxyl groups excluding tert-OH is 1. The molecule has 38 heavy (non-hydrogen) atoms. The van der Waals surface area contributed by atoms with Crippen molar-refractivity contribution in [2.75, 3.05) is 0 Å². The van der Waals surface area contributed by atoms with E-state index in [0.717, 1.165) is 33.4 Å². The Morgan fingerprint density at radius 2 is 1.11 bits per heavy atom. The molecule has 4 heteroatoms. The van der Waals surface area contributed by atoms with E-state index in [-0.39, 0.29) is 0 Å². The molecule has 0 spiro atoms. The van der Waals surface area contributed by atoms with E-state index >= 15 is 0 Å². The van der Waals surface area contributed by atoms with Crippen molar-refractivity contribution in [3.05, 3.63) is 132 Å². The van der Waals surface area contributed by atoms with E-state index in [1.165, 1.54) is 0 Å². The van der Waals surface area contributed by atoms with Crippen LogP contribution in [0.15, 0.2) is 136 Å². The molecular formula is C34H33N3O. The van der Waals surface area contributed by atoms with Gasteiger partial charge in [0.2, 0.25) is 0 Å². The largest absolute Gasteiger partial charge is 0.513 e. The van der Waals surface area contributed by atoms with Crippen molar-refractivity contribution in [2.24, 2.45) is 15.0 Å². The number of rotatable bonds is 7. The minimum absolute atomic E-state index is 0.292. The topological polar surface area (TPSA) is 57.3 Å². The van der Waals surface area contributed by atoms with Gasteiger partial charge in [0.1, 0.15) is 0 Å². The van der Waals surface area contributed by atoms with Gasteiger partial charge in [-0.1, -0.05) is 116 Å². The molecule has 0 aromatic heterocycles. The maximum Gasteiger partial charge on any atom is 0.161 e. The van der Waals surface area contributed by atoms with Gasteiger partial charge in [0.05, 0.1) is 11.3 Å². The van der Waals surface area contributed by atoms with Gasteiger partial charge in [-0.25, -0.2) is 9.98 Å². The van der Waals surface area contributed by atoms with Crippen molar-refractivity contribution in [1.29, 1.82) is 0 Å². The van der Waals surface area contributed by atoms with Crippen LogP contribution in [0.25, 0.3) is 22.3 Å². The molecule has 0 bridgehead atoms. The van der Waals surface area contributed by atoms with Crippen LogP contribution in [0.3, 0.4) is 0 Å². The number of hydrogen-bond acceptors (Lipinski definition) is 2. The van der Waals surface area contributed by atoms with Crippen LogP contribution in [-0.2, 0) is 0 Å². The monoisotopic (exact) mass is 499 g/mol. The summed E-state index contributed by atoms with van der Waals surface area (Å²) in [6.07, 6.45) is 2.30. The molecule has 0 unspecified atom stereocenters. The first-order chi connectivity index (χ1) is 18.4. The van der Waals surface area contributed by atoms with Gasteiger partial charge >= 0.3 is 0 Å². The summed E-state index contributed by atoms with van der Waals surface area (Å²) in [6, 6.07) is 36.8. The minimum Gasteiger partial charge on any atom is -0.513 e. The lowest BCUT2D eigenvalue weighted by Gasteiger charge is -2.17. The van der Waals surface area contributed by atoms with E-state index in [1.54, 1.807) is 6.08 Å². The van der Waals surface area contributed by atoms with Crippen molar-refractivity contribution in [1.82, 2.24) is 0 Å². The Hall–Kier alpha value is -4.57. The Kier molecular flexibility index (Phi) is 8.44. The van der Waals surface area contributed by atoms with Gasteiger partial charge in [0, 0.05) is 17.5 Å². The Bertz CT molecular complexity index is 1450. The first-order valence-electron chi connectivity index (χ1n) is 12.8. The fourth-order valence-electron chi connectivity index (χ4n) is 4.15. The lowest BCUT2D eigenvalue weighted by atomic mass is 10.0. The number of hydrogen-bond donors (Lipinski definition) is 1. The molecule has 0 heterocycles. The molecule has 0 aliphatic heterocycles. The van der Waals surface area contributed by atoms with Gasteiger partial charge < -0.3 is 5.11 Å². The molecule has 4 nitrogen and oxygen atoms in total. The van der Waals surface area contributed by atoms with Gasteiger partial charge in [-0.3, -0.25) is 4.99 Å². The van der Waals surface area contributed by atoms with Gasteiger partial charge in [0.25, 0.3) is 0 Å². The molecule has 0 saturated heterocycles. The van der Waals surface area contributed by atoms with Crippen molar-refractivity contribution in [3.63, 3.8) is 0 Å². The zero-order valence-electron chi connectivity index (χ0n) is 22.2. The maximum atomic E-state index is 10.2. The third kappa shape index (κ3) is 6.80. The molecule has 0 amide bonds. The van der Waals surface area contributed by atoms with E-state index in [9.17, 15) is 5.11 Å². The van der Waals surface area contributed by atoms with Gasteiger partial charge in [0.15, 0.2) is 11.7 Å². The number of aliphatic hydroxyl groups is 1. The molecule has 0 aliphatic rings. The van der Waals surface area contributed by atoms with E-state index in [4.69, 9.17) is 9.98 Å². The molecule has 190 valence electrons. The predicted octanol–water partition coefficient (Wildman–Crippen LogP) is 8.55. The summed E-state index contributed by atoms with van der Waals surface area (Å²) >= 11 is 0. The first-order valence-corrected chi connectivity index (χ1v) is 12.8. The standard InChI is InChI=1S/C34H33N3O/c1-5-31(38)24-34(2,3)37-33(30-22-18-28(19-23-30)26-14-10-7-11-15-26)36-32(35-4)29-20-16-27(17-21-29)25-12-8-6-9-13-25/h6-24,38H,4-5H2,1-3H3/b31-24+,36-32?,37-33?. The second kappa shape index (κ2) is 12.1. The van der Waals surface area contributed by atoms with Crippen LogP contribution in [0.1, 0.15) is 38.3 Å².